The van der Waals surface area contributed by atoms with E-state index in [-0.39, 0.29) is 29.6 Å². The van der Waals surface area contributed by atoms with E-state index in [1.165, 1.54) is 0 Å². The number of imide groups is 1. The summed E-state index contributed by atoms with van der Waals surface area (Å²) in [5, 5.41) is 31.5. The first-order valence-corrected chi connectivity index (χ1v) is 6.35. The zero-order chi connectivity index (χ0) is 16.4. The molecule has 1 aliphatic rings. The van der Waals surface area contributed by atoms with Crippen molar-refractivity contribution in [2.24, 2.45) is 0 Å². The van der Waals surface area contributed by atoms with Gasteiger partial charge in [-0.3, -0.25) is 24.6 Å². The lowest BCUT2D eigenvalue weighted by atomic mass is 10.2. The number of aromatic hydroxyl groups is 1. The highest BCUT2D eigenvalue weighted by atomic mass is 35.5. The summed E-state index contributed by atoms with van der Waals surface area (Å²) in [5.41, 5.74) is -0.693. The number of nitro groups is 1. The standard InChI is InChI=1S/C12H10ClN3O6/c13-6-3-7(10(18)5-9(6)16(21)22)14-8-4-11(19)15(1-2-17)12(8)20/h3-5,14,17-18H,1-2H2. The Morgan fingerprint density at radius 2 is 2.05 bits per heavy atom. The Kier molecular flexibility index (Phi) is 4.29. The summed E-state index contributed by atoms with van der Waals surface area (Å²) >= 11 is 5.72. The molecule has 10 heteroatoms. The van der Waals surface area contributed by atoms with Crippen molar-refractivity contribution in [2.45, 2.75) is 0 Å². The summed E-state index contributed by atoms with van der Waals surface area (Å²) in [6.07, 6.45) is 0.993. The Labute approximate surface area is 128 Å². The van der Waals surface area contributed by atoms with E-state index in [1.807, 2.05) is 0 Å². The summed E-state index contributed by atoms with van der Waals surface area (Å²) < 4.78 is 0. The molecule has 0 bridgehead atoms. The van der Waals surface area contributed by atoms with Gasteiger partial charge < -0.3 is 15.5 Å². The largest absolute Gasteiger partial charge is 0.506 e. The van der Waals surface area contributed by atoms with Crippen LogP contribution in [0.1, 0.15) is 0 Å². The summed E-state index contributed by atoms with van der Waals surface area (Å²) in [5.74, 6) is -1.81. The molecule has 9 nitrogen and oxygen atoms in total. The minimum absolute atomic E-state index is 0.0613. The molecule has 0 fully saturated rings. The molecule has 22 heavy (non-hydrogen) atoms. The summed E-state index contributed by atoms with van der Waals surface area (Å²) in [4.78, 5) is 34.2. The number of β-amino-alcohol motifs (C(OH)–C–C–N with tert-alkyl or cyclic N) is 1. The Morgan fingerprint density at radius 1 is 1.36 bits per heavy atom. The number of nitrogens with one attached hydrogen (secondary N) is 1. The van der Waals surface area contributed by atoms with Gasteiger partial charge in [-0.2, -0.15) is 0 Å². The van der Waals surface area contributed by atoms with Crippen molar-refractivity contribution in [1.29, 1.82) is 0 Å². The maximum absolute atomic E-state index is 11.9. The van der Waals surface area contributed by atoms with Crippen LogP contribution in [-0.2, 0) is 9.59 Å². The molecule has 0 aliphatic carbocycles. The fourth-order valence-corrected chi connectivity index (χ4v) is 2.08. The number of hydrogen-bond acceptors (Lipinski definition) is 7. The molecule has 0 saturated heterocycles. The van der Waals surface area contributed by atoms with Crippen molar-refractivity contribution in [1.82, 2.24) is 4.90 Å². The highest BCUT2D eigenvalue weighted by Gasteiger charge is 2.31. The number of phenolic OH excluding ortho intramolecular Hbond substituents is 1. The van der Waals surface area contributed by atoms with Crippen molar-refractivity contribution in [3.63, 3.8) is 0 Å². The molecule has 0 aromatic heterocycles. The number of carbonyl (C=O) groups excluding carboxylic acids is 2. The molecule has 0 saturated carbocycles. The van der Waals surface area contributed by atoms with Crippen LogP contribution in [0.15, 0.2) is 23.9 Å². The first kappa shape index (κ1) is 15.7. The molecule has 1 heterocycles. The van der Waals surface area contributed by atoms with Crippen LogP contribution in [0.2, 0.25) is 5.02 Å². The van der Waals surface area contributed by atoms with E-state index in [0.717, 1.165) is 23.1 Å². The average molecular weight is 328 g/mol. The number of benzene rings is 1. The Morgan fingerprint density at radius 3 is 2.64 bits per heavy atom. The lowest BCUT2D eigenvalue weighted by Gasteiger charge is -2.14. The molecule has 0 radical (unpaired) electrons. The number of rotatable bonds is 5. The van der Waals surface area contributed by atoms with E-state index in [9.17, 15) is 24.8 Å². The molecule has 116 valence electrons. The lowest BCUT2D eigenvalue weighted by Crippen LogP contribution is -2.34. The van der Waals surface area contributed by atoms with E-state index in [4.69, 9.17) is 16.7 Å². The van der Waals surface area contributed by atoms with Crippen LogP contribution in [0.5, 0.6) is 5.75 Å². The van der Waals surface area contributed by atoms with Crippen molar-refractivity contribution in [2.75, 3.05) is 18.5 Å². The monoisotopic (exact) mass is 327 g/mol. The molecule has 0 atom stereocenters. The van der Waals surface area contributed by atoms with Gasteiger partial charge in [0.15, 0.2) is 0 Å². The first-order valence-electron chi connectivity index (χ1n) is 5.97. The quantitative estimate of drug-likeness (QED) is 0.312. The second kappa shape index (κ2) is 6.00. The van der Waals surface area contributed by atoms with Crippen LogP contribution < -0.4 is 5.32 Å². The molecule has 0 unspecified atom stereocenters. The number of amides is 2. The molecule has 2 rings (SSSR count). The fraction of sp³-hybridized carbons (Fsp3) is 0.167. The van der Waals surface area contributed by atoms with Gasteiger partial charge in [-0.05, 0) is 6.07 Å². The van der Waals surface area contributed by atoms with Crippen LogP contribution >= 0.6 is 11.6 Å². The lowest BCUT2D eigenvalue weighted by molar-refractivity contribution is -0.384. The number of anilines is 1. The maximum Gasteiger partial charge on any atom is 0.291 e. The van der Waals surface area contributed by atoms with Gasteiger partial charge in [0, 0.05) is 6.08 Å². The summed E-state index contributed by atoms with van der Waals surface area (Å²) in [6, 6.07) is 1.90. The van der Waals surface area contributed by atoms with Gasteiger partial charge >= 0.3 is 0 Å². The van der Waals surface area contributed by atoms with E-state index in [2.05, 4.69) is 5.32 Å². The number of phenols is 1. The number of carbonyl (C=O) groups is 2. The van der Waals surface area contributed by atoms with E-state index in [0.29, 0.717) is 0 Å². The van der Waals surface area contributed by atoms with Crippen LogP contribution in [-0.4, -0.2) is 45.0 Å². The summed E-state index contributed by atoms with van der Waals surface area (Å²) in [7, 11) is 0. The molecule has 0 spiro atoms. The van der Waals surface area contributed by atoms with Gasteiger partial charge in [0.05, 0.1) is 29.8 Å². The van der Waals surface area contributed by atoms with Crippen LogP contribution in [0, 0.1) is 10.1 Å². The highest BCUT2D eigenvalue weighted by Crippen LogP contribution is 2.36. The van der Waals surface area contributed by atoms with Gasteiger partial charge in [0.1, 0.15) is 16.5 Å². The molecular weight excluding hydrogens is 318 g/mol. The predicted octanol–water partition coefficient (Wildman–Crippen LogP) is 0.611. The van der Waals surface area contributed by atoms with E-state index >= 15 is 0 Å². The first-order chi connectivity index (χ1) is 10.3. The predicted molar refractivity (Wildman–Crippen MR) is 75.3 cm³/mol. The Hall–Kier alpha value is -2.65. The summed E-state index contributed by atoms with van der Waals surface area (Å²) in [6.45, 7) is -0.542. The average Bonchev–Trinajstić information content (AvgIpc) is 2.70. The number of nitro benzene ring substituents is 1. The fourth-order valence-electron chi connectivity index (χ4n) is 1.85. The van der Waals surface area contributed by atoms with Crippen molar-refractivity contribution < 1.29 is 24.7 Å². The minimum atomic E-state index is -0.766. The zero-order valence-corrected chi connectivity index (χ0v) is 11.7. The van der Waals surface area contributed by atoms with E-state index < -0.39 is 28.2 Å². The topological polar surface area (TPSA) is 133 Å². The van der Waals surface area contributed by atoms with Gasteiger partial charge in [-0.1, -0.05) is 11.6 Å². The van der Waals surface area contributed by atoms with Crippen LogP contribution in [0.3, 0.4) is 0 Å². The highest BCUT2D eigenvalue weighted by molar-refractivity contribution is 6.33. The molecule has 1 aromatic carbocycles. The molecule has 2 amide bonds. The Bertz CT molecular complexity index is 702. The van der Waals surface area contributed by atoms with Gasteiger partial charge in [-0.15, -0.1) is 0 Å². The molecule has 3 N–H and O–H groups in total. The number of hydrogen-bond donors (Lipinski definition) is 3. The molecule has 1 aromatic rings. The Balaban J connectivity index is 2.27. The second-order valence-electron chi connectivity index (χ2n) is 4.28. The zero-order valence-electron chi connectivity index (χ0n) is 10.9. The third-order valence-electron chi connectivity index (χ3n) is 2.86. The van der Waals surface area contributed by atoms with Gasteiger partial charge in [0.2, 0.25) is 0 Å². The second-order valence-corrected chi connectivity index (χ2v) is 4.69. The van der Waals surface area contributed by atoms with Crippen molar-refractivity contribution in [3.8, 4) is 5.75 Å². The number of halogens is 1. The van der Waals surface area contributed by atoms with Crippen LogP contribution in [0.25, 0.3) is 0 Å². The van der Waals surface area contributed by atoms with Gasteiger partial charge in [-0.25, -0.2) is 0 Å². The normalized spacial score (nSPS) is 14.3. The third kappa shape index (κ3) is 2.85. The maximum atomic E-state index is 11.9. The number of aliphatic hydroxyl groups excluding tert-OH is 1. The molecule has 1 aliphatic heterocycles. The SMILES string of the molecule is O=C1C=C(Nc2cc(Cl)c([N+](=O)[O-])cc2O)C(=O)N1CCO. The van der Waals surface area contributed by atoms with Crippen molar-refractivity contribution in [3.05, 3.63) is 39.0 Å². The van der Waals surface area contributed by atoms with Crippen molar-refractivity contribution >= 4 is 34.8 Å². The number of nitrogens with zero attached hydrogens (tertiary/aromatic N) is 2. The molecular formula is C12H10ClN3O6. The minimum Gasteiger partial charge on any atom is -0.506 e. The van der Waals surface area contributed by atoms with Crippen LogP contribution in [0.4, 0.5) is 11.4 Å². The van der Waals surface area contributed by atoms with E-state index in [1.54, 1.807) is 0 Å². The number of aliphatic hydroxyl groups is 1. The third-order valence-corrected chi connectivity index (χ3v) is 3.17. The smallest absolute Gasteiger partial charge is 0.291 e. The van der Waals surface area contributed by atoms with Gasteiger partial charge in [0.25, 0.3) is 17.5 Å².